The van der Waals surface area contributed by atoms with Crippen LogP contribution in [-0.4, -0.2) is 31.0 Å². The predicted molar refractivity (Wildman–Crippen MR) is 112 cm³/mol. The van der Waals surface area contributed by atoms with Gasteiger partial charge in [-0.15, -0.1) is 0 Å². The quantitative estimate of drug-likeness (QED) is 0.722. The Labute approximate surface area is 171 Å². The van der Waals surface area contributed by atoms with Crippen LogP contribution in [0.1, 0.15) is 31.4 Å². The third-order valence-corrected chi connectivity index (χ3v) is 6.41. The Bertz CT molecular complexity index is 839. The Hall–Kier alpha value is -2.08. The van der Waals surface area contributed by atoms with E-state index in [4.69, 9.17) is 15.2 Å². The van der Waals surface area contributed by atoms with E-state index in [1.54, 1.807) is 19.4 Å². The van der Waals surface area contributed by atoms with Gasteiger partial charge in [0.2, 0.25) is 0 Å². The van der Waals surface area contributed by atoms with Crippen LogP contribution in [-0.2, 0) is 9.47 Å². The van der Waals surface area contributed by atoms with Crippen LogP contribution in [0, 0.1) is 23.6 Å². The third-order valence-electron chi connectivity index (χ3n) is 6.41. The number of halogens is 1. The number of pyridine rings is 1. The second-order valence-corrected chi connectivity index (χ2v) is 8.25. The van der Waals surface area contributed by atoms with E-state index in [1.165, 1.54) is 12.1 Å². The zero-order chi connectivity index (χ0) is 20.2. The number of rotatable bonds is 6. The first-order chi connectivity index (χ1) is 14.1. The lowest BCUT2D eigenvalue weighted by atomic mass is 9.76. The summed E-state index contributed by atoms with van der Waals surface area (Å²) in [4.78, 5) is 4.54. The van der Waals surface area contributed by atoms with Crippen molar-refractivity contribution in [3.05, 3.63) is 60.2 Å². The molecule has 0 spiro atoms. The zero-order valence-electron chi connectivity index (χ0n) is 16.8. The van der Waals surface area contributed by atoms with Crippen molar-refractivity contribution in [1.29, 1.82) is 0 Å². The summed E-state index contributed by atoms with van der Waals surface area (Å²) in [6.45, 7) is 0.370. The van der Waals surface area contributed by atoms with Crippen LogP contribution in [0.25, 0.3) is 17.2 Å². The van der Waals surface area contributed by atoms with E-state index in [0.717, 1.165) is 42.5 Å². The van der Waals surface area contributed by atoms with E-state index < -0.39 is 0 Å². The van der Waals surface area contributed by atoms with Crippen LogP contribution in [0.5, 0.6) is 0 Å². The van der Waals surface area contributed by atoms with Gasteiger partial charge < -0.3 is 15.2 Å². The molecule has 0 amide bonds. The largest absolute Gasteiger partial charge is 0.359 e. The summed E-state index contributed by atoms with van der Waals surface area (Å²) in [6.07, 6.45) is 10.8. The fourth-order valence-corrected chi connectivity index (χ4v) is 5.00. The van der Waals surface area contributed by atoms with Crippen LogP contribution in [0.4, 0.5) is 4.39 Å². The standard InChI is InChI=1S/C24H29FN2O2/c1-28-15-29-21-8-10-22-18(12-21)13-24(26)23(22)9-7-20-6-5-17(14-27-20)16-3-2-4-19(25)11-16/h2-7,9,11,14,18,21-24H,8,10,12-13,15,26H2,1H3/b9-7+/t18-,21+,22+,23-,24-/m0/s1. The fraction of sp³-hybridized carbons (Fsp3) is 0.458. The van der Waals surface area contributed by atoms with Crippen LogP contribution in [0.15, 0.2) is 48.7 Å². The summed E-state index contributed by atoms with van der Waals surface area (Å²) < 4.78 is 24.3. The SMILES string of the molecule is COCO[C@@H]1CC[C@@H]2[C@@H](C1)C[C@H](N)[C@H]2/C=C/c1ccc(-c2cccc(F)c2)cn1. The van der Waals surface area contributed by atoms with Crippen LogP contribution < -0.4 is 5.73 Å². The van der Waals surface area contributed by atoms with Crippen molar-refractivity contribution in [2.75, 3.05) is 13.9 Å². The molecule has 0 radical (unpaired) electrons. The smallest absolute Gasteiger partial charge is 0.146 e. The molecule has 154 valence electrons. The molecule has 2 fully saturated rings. The lowest BCUT2D eigenvalue weighted by Gasteiger charge is -2.33. The highest BCUT2D eigenvalue weighted by Gasteiger charge is 2.43. The average Bonchev–Trinajstić information content (AvgIpc) is 3.05. The van der Waals surface area contributed by atoms with Gasteiger partial charge in [0, 0.05) is 24.9 Å². The number of benzene rings is 1. The van der Waals surface area contributed by atoms with Gasteiger partial charge in [-0.1, -0.05) is 24.3 Å². The van der Waals surface area contributed by atoms with E-state index in [2.05, 4.69) is 17.1 Å². The van der Waals surface area contributed by atoms with Gasteiger partial charge in [0.1, 0.15) is 12.6 Å². The molecule has 1 aromatic carbocycles. The van der Waals surface area contributed by atoms with Crippen molar-refractivity contribution in [2.24, 2.45) is 23.5 Å². The Morgan fingerprint density at radius 3 is 2.83 bits per heavy atom. The van der Waals surface area contributed by atoms with Crippen molar-refractivity contribution in [3.8, 4) is 11.1 Å². The lowest BCUT2D eigenvalue weighted by molar-refractivity contribution is -0.0930. The molecular formula is C24H29FN2O2. The Morgan fingerprint density at radius 1 is 1.17 bits per heavy atom. The minimum atomic E-state index is -0.237. The maximum atomic E-state index is 13.4. The van der Waals surface area contributed by atoms with Crippen LogP contribution >= 0.6 is 0 Å². The predicted octanol–water partition coefficient (Wildman–Crippen LogP) is 4.65. The molecule has 4 rings (SSSR count). The third kappa shape index (κ3) is 4.74. The maximum absolute atomic E-state index is 13.4. The summed E-state index contributed by atoms with van der Waals surface area (Å²) in [6, 6.07) is 10.7. The van der Waals surface area contributed by atoms with Crippen molar-refractivity contribution in [3.63, 3.8) is 0 Å². The van der Waals surface area contributed by atoms with Crippen molar-refractivity contribution in [2.45, 2.75) is 37.8 Å². The number of hydrogen-bond donors (Lipinski definition) is 1. The van der Waals surface area contributed by atoms with Crippen molar-refractivity contribution in [1.82, 2.24) is 4.98 Å². The molecule has 0 unspecified atom stereocenters. The molecule has 2 aromatic rings. The van der Waals surface area contributed by atoms with Crippen LogP contribution in [0.2, 0.25) is 0 Å². The summed E-state index contributed by atoms with van der Waals surface area (Å²) in [5.41, 5.74) is 9.14. The molecule has 5 atom stereocenters. The normalized spacial score (nSPS) is 29.3. The molecule has 1 heterocycles. The summed E-state index contributed by atoms with van der Waals surface area (Å²) in [7, 11) is 1.66. The van der Waals surface area contributed by atoms with Crippen LogP contribution in [0.3, 0.4) is 0 Å². The first-order valence-corrected chi connectivity index (χ1v) is 10.4. The number of hydrogen-bond acceptors (Lipinski definition) is 4. The number of methoxy groups -OCH3 is 1. The van der Waals surface area contributed by atoms with E-state index in [-0.39, 0.29) is 11.9 Å². The van der Waals surface area contributed by atoms with Gasteiger partial charge in [0.15, 0.2) is 0 Å². The molecule has 1 aromatic heterocycles. The summed E-state index contributed by atoms with van der Waals surface area (Å²) >= 11 is 0. The van der Waals surface area contributed by atoms with E-state index in [0.29, 0.717) is 30.7 Å². The van der Waals surface area contributed by atoms with E-state index >= 15 is 0 Å². The minimum absolute atomic E-state index is 0.189. The van der Waals surface area contributed by atoms with E-state index in [9.17, 15) is 4.39 Å². The average molecular weight is 397 g/mol. The number of aromatic nitrogens is 1. The maximum Gasteiger partial charge on any atom is 0.146 e. The van der Waals surface area contributed by atoms with Gasteiger partial charge in [0.25, 0.3) is 0 Å². The molecule has 2 aliphatic carbocycles. The Kier molecular flexibility index (Phi) is 6.38. The summed E-state index contributed by atoms with van der Waals surface area (Å²) in [5.74, 6) is 1.39. The number of ether oxygens (including phenoxy) is 2. The first-order valence-electron chi connectivity index (χ1n) is 10.4. The summed E-state index contributed by atoms with van der Waals surface area (Å²) in [5, 5.41) is 0. The molecule has 4 nitrogen and oxygen atoms in total. The second-order valence-electron chi connectivity index (χ2n) is 8.25. The van der Waals surface area contributed by atoms with Gasteiger partial charge >= 0.3 is 0 Å². The van der Waals surface area contributed by atoms with Crippen molar-refractivity contribution >= 4 is 6.08 Å². The molecule has 2 saturated carbocycles. The zero-order valence-corrected chi connectivity index (χ0v) is 16.8. The molecule has 0 bridgehead atoms. The van der Waals surface area contributed by atoms with Gasteiger partial charge in [-0.05, 0) is 73.3 Å². The minimum Gasteiger partial charge on any atom is -0.359 e. The molecule has 29 heavy (non-hydrogen) atoms. The monoisotopic (exact) mass is 396 g/mol. The lowest BCUT2D eigenvalue weighted by Crippen LogP contribution is -2.30. The molecular weight excluding hydrogens is 367 g/mol. The molecule has 2 aliphatic rings. The fourth-order valence-electron chi connectivity index (χ4n) is 5.00. The number of nitrogens with zero attached hydrogens (tertiary/aromatic N) is 1. The van der Waals surface area contributed by atoms with Gasteiger partial charge in [-0.3, -0.25) is 4.98 Å². The Balaban J connectivity index is 1.40. The highest BCUT2D eigenvalue weighted by molar-refractivity contribution is 5.63. The molecule has 0 aliphatic heterocycles. The molecule has 5 heteroatoms. The highest BCUT2D eigenvalue weighted by atomic mass is 19.1. The second kappa shape index (κ2) is 9.16. The molecule has 2 N–H and O–H groups in total. The number of nitrogens with two attached hydrogens (primary N) is 1. The van der Waals surface area contributed by atoms with Crippen molar-refractivity contribution < 1.29 is 13.9 Å². The topological polar surface area (TPSA) is 57.4 Å². The van der Waals surface area contributed by atoms with Gasteiger partial charge in [-0.2, -0.15) is 0 Å². The highest BCUT2D eigenvalue weighted by Crippen LogP contribution is 2.46. The molecule has 0 saturated heterocycles. The van der Waals surface area contributed by atoms with Gasteiger partial charge in [-0.25, -0.2) is 4.39 Å². The first kappa shape index (κ1) is 20.2. The van der Waals surface area contributed by atoms with Gasteiger partial charge in [0.05, 0.1) is 11.8 Å². The number of fused-ring (bicyclic) bond motifs is 1. The Morgan fingerprint density at radius 2 is 2.07 bits per heavy atom. The van der Waals surface area contributed by atoms with E-state index in [1.807, 2.05) is 18.2 Å².